The Balaban J connectivity index is 2.15. The summed E-state index contributed by atoms with van der Waals surface area (Å²) < 4.78 is 15.2. The highest BCUT2D eigenvalue weighted by Gasteiger charge is 2.10. The Labute approximate surface area is 99.5 Å². The van der Waals surface area contributed by atoms with Crippen LogP contribution in [0.15, 0.2) is 18.3 Å². The highest BCUT2D eigenvalue weighted by molar-refractivity contribution is 5.38. The van der Waals surface area contributed by atoms with Gasteiger partial charge in [0.1, 0.15) is 0 Å². The number of hydrogen-bond acceptors (Lipinski definition) is 3. The molecule has 4 nitrogen and oxygen atoms in total. The molecule has 0 atom stereocenters. The van der Waals surface area contributed by atoms with E-state index in [1.165, 1.54) is 6.07 Å². The SMILES string of the molecule is Cc1nn(C)c(C)c1CNc1ncccc1F. The smallest absolute Gasteiger partial charge is 0.165 e. The molecule has 0 radical (unpaired) electrons. The van der Waals surface area contributed by atoms with Crippen molar-refractivity contribution in [3.05, 3.63) is 41.1 Å². The van der Waals surface area contributed by atoms with Crippen LogP contribution >= 0.6 is 0 Å². The fraction of sp³-hybridized carbons (Fsp3) is 0.333. The van der Waals surface area contributed by atoms with E-state index in [0.717, 1.165) is 17.0 Å². The molecule has 0 aliphatic rings. The molecule has 2 rings (SSSR count). The van der Waals surface area contributed by atoms with E-state index in [0.29, 0.717) is 6.54 Å². The fourth-order valence-corrected chi connectivity index (χ4v) is 1.76. The Morgan fingerprint density at radius 3 is 2.76 bits per heavy atom. The van der Waals surface area contributed by atoms with E-state index in [2.05, 4.69) is 15.4 Å². The molecule has 5 heteroatoms. The number of halogens is 1. The number of hydrogen-bond donors (Lipinski definition) is 1. The van der Waals surface area contributed by atoms with E-state index < -0.39 is 0 Å². The van der Waals surface area contributed by atoms with Crippen LogP contribution in [0.3, 0.4) is 0 Å². The molecule has 0 aliphatic heterocycles. The molecule has 0 amide bonds. The number of nitrogens with zero attached hydrogens (tertiary/aromatic N) is 3. The van der Waals surface area contributed by atoms with Gasteiger partial charge in [-0.05, 0) is 26.0 Å². The summed E-state index contributed by atoms with van der Waals surface area (Å²) in [7, 11) is 1.90. The summed E-state index contributed by atoms with van der Waals surface area (Å²) in [6.07, 6.45) is 1.56. The zero-order chi connectivity index (χ0) is 12.4. The van der Waals surface area contributed by atoms with Gasteiger partial charge >= 0.3 is 0 Å². The molecule has 90 valence electrons. The summed E-state index contributed by atoms with van der Waals surface area (Å²) in [6.45, 7) is 4.46. The van der Waals surface area contributed by atoms with Gasteiger partial charge in [-0.1, -0.05) is 0 Å². The minimum absolute atomic E-state index is 0.273. The van der Waals surface area contributed by atoms with Crippen molar-refractivity contribution in [2.24, 2.45) is 7.05 Å². The number of pyridine rings is 1. The van der Waals surface area contributed by atoms with Gasteiger partial charge in [-0.2, -0.15) is 5.10 Å². The van der Waals surface area contributed by atoms with Gasteiger partial charge in [0.05, 0.1) is 5.69 Å². The summed E-state index contributed by atoms with van der Waals surface area (Å²) in [6, 6.07) is 2.96. The van der Waals surface area contributed by atoms with Crippen molar-refractivity contribution in [2.75, 3.05) is 5.32 Å². The van der Waals surface area contributed by atoms with Crippen molar-refractivity contribution in [1.29, 1.82) is 0 Å². The van der Waals surface area contributed by atoms with Crippen LogP contribution in [0.4, 0.5) is 10.2 Å². The van der Waals surface area contributed by atoms with E-state index in [1.807, 2.05) is 25.6 Å². The second kappa shape index (κ2) is 4.53. The van der Waals surface area contributed by atoms with Crippen LogP contribution in [0.5, 0.6) is 0 Å². The van der Waals surface area contributed by atoms with Crippen molar-refractivity contribution >= 4 is 5.82 Å². The van der Waals surface area contributed by atoms with Crippen molar-refractivity contribution in [3.63, 3.8) is 0 Å². The zero-order valence-electron chi connectivity index (χ0n) is 10.2. The van der Waals surface area contributed by atoms with Gasteiger partial charge in [0.15, 0.2) is 11.6 Å². The summed E-state index contributed by atoms with van der Waals surface area (Å²) in [5, 5.41) is 7.29. The van der Waals surface area contributed by atoms with E-state index >= 15 is 0 Å². The topological polar surface area (TPSA) is 42.7 Å². The van der Waals surface area contributed by atoms with Crippen LogP contribution in [0, 0.1) is 19.7 Å². The first kappa shape index (κ1) is 11.6. The lowest BCUT2D eigenvalue weighted by atomic mass is 10.2. The molecule has 0 bridgehead atoms. The summed E-state index contributed by atoms with van der Waals surface area (Å²) in [4.78, 5) is 3.95. The van der Waals surface area contributed by atoms with Gasteiger partial charge in [0.25, 0.3) is 0 Å². The van der Waals surface area contributed by atoms with Crippen molar-refractivity contribution in [1.82, 2.24) is 14.8 Å². The molecule has 2 heterocycles. The molecule has 0 aromatic carbocycles. The van der Waals surface area contributed by atoms with E-state index in [4.69, 9.17) is 0 Å². The van der Waals surface area contributed by atoms with Crippen LogP contribution in [0.2, 0.25) is 0 Å². The highest BCUT2D eigenvalue weighted by atomic mass is 19.1. The molecule has 0 fully saturated rings. The van der Waals surface area contributed by atoms with E-state index in [1.54, 1.807) is 12.3 Å². The maximum Gasteiger partial charge on any atom is 0.165 e. The van der Waals surface area contributed by atoms with Crippen molar-refractivity contribution in [2.45, 2.75) is 20.4 Å². The Morgan fingerprint density at radius 1 is 1.41 bits per heavy atom. The molecule has 0 spiro atoms. The zero-order valence-corrected chi connectivity index (χ0v) is 10.2. The molecule has 1 N–H and O–H groups in total. The lowest BCUT2D eigenvalue weighted by molar-refractivity contribution is 0.624. The first-order valence-corrected chi connectivity index (χ1v) is 5.43. The predicted molar refractivity (Wildman–Crippen MR) is 64.2 cm³/mol. The summed E-state index contributed by atoms with van der Waals surface area (Å²) in [5.41, 5.74) is 3.11. The Kier molecular flexibility index (Phi) is 3.08. The average Bonchev–Trinajstić information content (AvgIpc) is 2.53. The van der Waals surface area contributed by atoms with Crippen LogP contribution in [0.25, 0.3) is 0 Å². The molecular weight excluding hydrogens is 219 g/mol. The Bertz CT molecular complexity index is 533. The van der Waals surface area contributed by atoms with Gasteiger partial charge < -0.3 is 5.32 Å². The van der Waals surface area contributed by atoms with Gasteiger partial charge in [0.2, 0.25) is 0 Å². The largest absolute Gasteiger partial charge is 0.363 e. The van der Waals surface area contributed by atoms with Crippen LogP contribution in [-0.2, 0) is 13.6 Å². The van der Waals surface area contributed by atoms with Crippen LogP contribution in [-0.4, -0.2) is 14.8 Å². The molecule has 17 heavy (non-hydrogen) atoms. The molecule has 0 unspecified atom stereocenters. The first-order chi connectivity index (χ1) is 8.09. The van der Waals surface area contributed by atoms with Gasteiger partial charge in [0, 0.05) is 31.0 Å². The van der Waals surface area contributed by atoms with Gasteiger partial charge in [-0.15, -0.1) is 0 Å². The maximum atomic E-state index is 13.4. The minimum atomic E-state index is -0.341. The lowest BCUT2D eigenvalue weighted by Crippen LogP contribution is -2.05. The Hall–Kier alpha value is -1.91. The number of aryl methyl sites for hydroxylation is 2. The van der Waals surface area contributed by atoms with Crippen LogP contribution in [0.1, 0.15) is 17.0 Å². The maximum absolute atomic E-state index is 13.4. The van der Waals surface area contributed by atoms with Gasteiger partial charge in [-0.3, -0.25) is 4.68 Å². The highest BCUT2D eigenvalue weighted by Crippen LogP contribution is 2.15. The monoisotopic (exact) mass is 234 g/mol. The van der Waals surface area contributed by atoms with Gasteiger partial charge in [-0.25, -0.2) is 9.37 Å². The number of nitrogens with one attached hydrogen (secondary N) is 1. The van der Waals surface area contributed by atoms with Crippen molar-refractivity contribution < 1.29 is 4.39 Å². The standard InChI is InChI=1S/C12H15FN4/c1-8-10(9(2)17(3)16-8)7-15-12-11(13)5-4-6-14-12/h4-6H,7H2,1-3H3,(H,14,15). The second-order valence-corrected chi connectivity index (χ2v) is 3.96. The molecule has 2 aromatic rings. The predicted octanol–water partition coefficient (Wildman–Crippen LogP) is 2.18. The molecule has 0 saturated carbocycles. The molecule has 0 saturated heterocycles. The van der Waals surface area contributed by atoms with Crippen LogP contribution < -0.4 is 5.32 Å². The fourth-order valence-electron chi connectivity index (χ4n) is 1.76. The third-order valence-electron chi connectivity index (χ3n) is 2.85. The normalized spacial score (nSPS) is 10.6. The average molecular weight is 234 g/mol. The number of rotatable bonds is 3. The van der Waals surface area contributed by atoms with Crippen molar-refractivity contribution in [3.8, 4) is 0 Å². The summed E-state index contributed by atoms with van der Waals surface area (Å²) >= 11 is 0. The third-order valence-corrected chi connectivity index (χ3v) is 2.85. The summed E-state index contributed by atoms with van der Waals surface area (Å²) in [5.74, 6) is -0.0677. The Morgan fingerprint density at radius 2 is 2.18 bits per heavy atom. The molecule has 0 aliphatic carbocycles. The number of aromatic nitrogens is 3. The molecule has 2 aromatic heterocycles. The molecular formula is C12H15FN4. The quantitative estimate of drug-likeness (QED) is 0.885. The first-order valence-electron chi connectivity index (χ1n) is 5.43. The van der Waals surface area contributed by atoms with E-state index in [-0.39, 0.29) is 11.6 Å². The minimum Gasteiger partial charge on any atom is -0.363 e. The second-order valence-electron chi connectivity index (χ2n) is 3.96. The van der Waals surface area contributed by atoms with E-state index in [9.17, 15) is 4.39 Å². The number of anilines is 1. The lowest BCUT2D eigenvalue weighted by Gasteiger charge is -2.06. The third kappa shape index (κ3) is 2.27.